The summed E-state index contributed by atoms with van der Waals surface area (Å²) in [5.41, 5.74) is 12.1. The fraction of sp³-hybridized carbons (Fsp3) is 0.222. The Labute approximate surface area is 75.8 Å². The smallest absolute Gasteiger partial charge is 0.125 e. The molecule has 4 N–H and O–H groups in total. The highest BCUT2D eigenvalue weighted by Crippen LogP contribution is 2.21. The Bertz CT molecular complexity index is 343. The van der Waals surface area contributed by atoms with E-state index < -0.39 is 11.9 Å². The molecule has 0 amide bonds. The molecule has 0 spiro atoms. The molecule has 0 saturated carbocycles. The van der Waals surface area contributed by atoms with Crippen molar-refractivity contribution >= 4 is 5.69 Å². The Kier molecular flexibility index (Phi) is 2.83. The lowest BCUT2D eigenvalue weighted by Crippen LogP contribution is -2.11. The average molecular weight is 179 g/mol. The summed E-state index contributed by atoms with van der Waals surface area (Å²) in [5.74, 6) is -0.398. The highest BCUT2D eigenvalue weighted by Gasteiger charge is 2.09. The van der Waals surface area contributed by atoms with Gasteiger partial charge >= 0.3 is 0 Å². The maximum Gasteiger partial charge on any atom is 0.125 e. The van der Waals surface area contributed by atoms with Crippen LogP contribution in [0.15, 0.2) is 18.2 Å². The zero-order valence-electron chi connectivity index (χ0n) is 7.00. The number of nitrogen functional groups attached to an aromatic ring is 1. The van der Waals surface area contributed by atoms with Crippen molar-refractivity contribution in [2.75, 3.05) is 5.73 Å². The van der Waals surface area contributed by atoms with E-state index in [-0.39, 0.29) is 6.42 Å². The van der Waals surface area contributed by atoms with E-state index in [1.54, 1.807) is 0 Å². The van der Waals surface area contributed by atoms with E-state index in [1.165, 1.54) is 18.2 Å². The van der Waals surface area contributed by atoms with Crippen LogP contribution in [0.1, 0.15) is 18.0 Å². The largest absolute Gasteiger partial charge is 0.398 e. The lowest BCUT2D eigenvalue weighted by atomic mass is 10.0. The van der Waals surface area contributed by atoms with Crippen molar-refractivity contribution < 1.29 is 4.39 Å². The first-order valence-corrected chi connectivity index (χ1v) is 3.82. The molecule has 13 heavy (non-hydrogen) atoms. The number of nitrogens with two attached hydrogens (primary N) is 2. The standard InChI is InChI=1S/C9H10FN3/c10-6-1-2-7(9(13)5-6)8(12)3-4-11/h1-2,5,8H,3,12-13H2. The van der Waals surface area contributed by atoms with Gasteiger partial charge in [-0.05, 0) is 17.7 Å². The maximum atomic E-state index is 12.6. The van der Waals surface area contributed by atoms with Crippen LogP contribution in [-0.2, 0) is 0 Å². The van der Waals surface area contributed by atoms with Crippen LogP contribution in [0.4, 0.5) is 10.1 Å². The van der Waals surface area contributed by atoms with Crippen LogP contribution in [0.5, 0.6) is 0 Å². The molecule has 0 aromatic heterocycles. The van der Waals surface area contributed by atoms with E-state index >= 15 is 0 Å². The number of nitrogens with zero attached hydrogens (tertiary/aromatic N) is 1. The molecule has 0 aliphatic carbocycles. The molecule has 1 atom stereocenters. The van der Waals surface area contributed by atoms with Gasteiger partial charge in [0, 0.05) is 11.7 Å². The minimum atomic E-state index is -0.439. The number of nitriles is 1. The van der Waals surface area contributed by atoms with Crippen molar-refractivity contribution in [1.82, 2.24) is 0 Å². The highest BCUT2D eigenvalue weighted by molar-refractivity contribution is 5.48. The van der Waals surface area contributed by atoms with Crippen molar-refractivity contribution in [3.8, 4) is 6.07 Å². The topological polar surface area (TPSA) is 75.8 Å². The van der Waals surface area contributed by atoms with Gasteiger partial charge in [-0.1, -0.05) is 6.07 Å². The summed E-state index contributed by atoms with van der Waals surface area (Å²) in [5, 5.41) is 8.40. The van der Waals surface area contributed by atoms with Gasteiger partial charge in [0.15, 0.2) is 0 Å². The van der Waals surface area contributed by atoms with Gasteiger partial charge in [-0.3, -0.25) is 0 Å². The van der Waals surface area contributed by atoms with Gasteiger partial charge in [-0.25, -0.2) is 4.39 Å². The summed E-state index contributed by atoms with van der Waals surface area (Å²) in [6.07, 6.45) is 0.176. The minimum absolute atomic E-state index is 0.176. The molecule has 0 aliphatic heterocycles. The SMILES string of the molecule is N#CCC(N)c1ccc(F)cc1N. The van der Waals surface area contributed by atoms with Gasteiger partial charge in [-0.2, -0.15) is 5.26 Å². The monoisotopic (exact) mass is 179 g/mol. The van der Waals surface area contributed by atoms with E-state index in [4.69, 9.17) is 16.7 Å². The number of hydrogen-bond acceptors (Lipinski definition) is 3. The third-order valence-electron chi connectivity index (χ3n) is 1.76. The van der Waals surface area contributed by atoms with Crippen molar-refractivity contribution in [3.05, 3.63) is 29.6 Å². The third kappa shape index (κ3) is 2.17. The molecule has 1 aromatic rings. The first kappa shape index (κ1) is 9.49. The van der Waals surface area contributed by atoms with Crippen LogP contribution in [0.25, 0.3) is 0 Å². The molecule has 4 heteroatoms. The number of anilines is 1. The molecule has 0 bridgehead atoms. The first-order chi connectivity index (χ1) is 6.15. The minimum Gasteiger partial charge on any atom is -0.398 e. The Hall–Kier alpha value is -1.60. The molecular weight excluding hydrogens is 169 g/mol. The Morgan fingerprint density at radius 2 is 2.23 bits per heavy atom. The van der Waals surface area contributed by atoms with Gasteiger partial charge in [0.05, 0.1) is 12.5 Å². The second kappa shape index (κ2) is 3.87. The first-order valence-electron chi connectivity index (χ1n) is 3.82. The van der Waals surface area contributed by atoms with Crippen LogP contribution < -0.4 is 11.5 Å². The van der Waals surface area contributed by atoms with Crippen molar-refractivity contribution in [2.24, 2.45) is 5.73 Å². The fourth-order valence-electron chi connectivity index (χ4n) is 1.09. The number of benzene rings is 1. The van der Waals surface area contributed by atoms with Crippen molar-refractivity contribution in [3.63, 3.8) is 0 Å². The highest BCUT2D eigenvalue weighted by atomic mass is 19.1. The molecule has 0 radical (unpaired) electrons. The van der Waals surface area contributed by atoms with E-state index in [1.807, 2.05) is 6.07 Å². The lowest BCUT2D eigenvalue weighted by Gasteiger charge is -2.10. The zero-order chi connectivity index (χ0) is 9.84. The van der Waals surface area contributed by atoms with Gasteiger partial charge in [0.2, 0.25) is 0 Å². The van der Waals surface area contributed by atoms with Gasteiger partial charge in [-0.15, -0.1) is 0 Å². The number of halogens is 1. The molecule has 68 valence electrons. The third-order valence-corrected chi connectivity index (χ3v) is 1.76. The molecule has 0 heterocycles. The van der Waals surface area contributed by atoms with Crippen LogP contribution in [0.2, 0.25) is 0 Å². The van der Waals surface area contributed by atoms with Gasteiger partial charge in [0.1, 0.15) is 5.82 Å². The predicted octanol–water partition coefficient (Wildman–Crippen LogP) is 1.32. The van der Waals surface area contributed by atoms with Crippen molar-refractivity contribution in [2.45, 2.75) is 12.5 Å². The molecule has 0 saturated heterocycles. The molecule has 0 fully saturated rings. The van der Waals surface area contributed by atoms with Crippen LogP contribution in [0.3, 0.4) is 0 Å². The summed E-state index contributed by atoms with van der Waals surface area (Å²) in [4.78, 5) is 0. The Morgan fingerprint density at radius 3 is 2.77 bits per heavy atom. The van der Waals surface area contributed by atoms with E-state index in [2.05, 4.69) is 0 Å². The Morgan fingerprint density at radius 1 is 1.54 bits per heavy atom. The number of rotatable bonds is 2. The molecule has 3 nitrogen and oxygen atoms in total. The fourth-order valence-corrected chi connectivity index (χ4v) is 1.09. The second-order valence-corrected chi connectivity index (χ2v) is 2.74. The van der Waals surface area contributed by atoms with Crippen LogP contribution in [-0.4, -0.2) is 0 Å². The molecule has 1 rings (SSSR count). The molecule has 1 aromatic carbocycles. The van der Waals surface area contributed by atoms with Gasteiger partial charge in [0.25, 0.3) is 0 Å². The summed E-state index contributed by atoms with van der Waals surface area (Å²) in [6, 6.07) is 5.48. The summed E-state index contributed by atoms with van der Waals surface area (Å²) in [6.45, 7) is 0. The lowest BCUT2D eigenvalue weighted by molar-refractivity contribution is 0.626. The second-order valence-electron chi connectivity index (χ2n) is 2.74. The molecular formula is C9H10FN3. The zero-order valence-corrected chi connectivity index (χ0v) is 7.00. The summed E-state index contributed by atoms with van der Waals surface area (Å²) < 4.78 is 12.6. The summed E-state index contributed by atoms with van der Waals surface area (Å²) in [7, 11) is 0. The van der Waals surface area contributed by atoms with Crippen LogP contribution in [0, 0.1) is 17.1 Å². The van der Waals surface area contributed by atoms with Gasteiger partial charge < -0.3 is 11.5 Å². The molecule has 1 unspecified atom stereocenters. The normalized spacial score (nSPS) is 12.1. The average Bonchev–Trinajstić information content (AvgIpc) is 2.04. The Balaban J connectivity index is 2.96. The van der Waals surface area contributed by atoms with E-state index in [0.717, 1.165) is 0 Å². The van der Waals surface area contributed by atoms with Crippen molar-refractivity contribution in [1.29, 1.82) is 5.26 Å². The summed E-state index contributed by atoms with van der Waals surface area (Å²) >= 11 is 0. The van der Waals surface area contributed by atoms with E-state index in [9.17, 15) is 4.39 Å². The number of hydrogen-bond donors (Lipinski definition) is 2. The molecule has 0 aliphatic rings. The van der Waals surface area contributed by atoms with Crippen LogP contribution >= 0.6 is 0 Å². The quantitative estimate of drug-likeness (QED) is 0.672. The predicted molar refractivity (Wildman–Crippen MR) is 48.0 cm³/mol. The maximum absolute atomic E-state index is 12.6. The van der Waals surface area contributed by atoms with E-state index in [0.29, 0.717) is 11.3 Å².